The Balaban J connectivity index is 1.63. The molecule has 0 amide bonds. The molecule has 0 radical (unpaired) electrons. The Bertz CT molecular complexity index is 663. The van der Waals surface area contributed by atoms with E-state index in [-0.39, 0.29) is 12.2 Å². The summed E-state index contributed by atoms with van der Waals surface area (Å²) in [6, 6.07) is 7.54. The molecule has 3 rings (SSSR count). The summed E-state index contributed by atoms with van der Waals surface area (Å²) in [5.41, 5.74) is 1.89. The Morgan fingerprint density at radius 2 is 1.86 bits per heavy atom. The number of alkyl halides is 1. The molecule has 1 aromatic heterocycles. The fourth-order valence-corrected chi connectivity index (χ4v) is 2.47. The third-order valence-electron chi connectivity index (χ3n) is 3.86. The third-order valence-corrected chi connectivity index (χ3v) is 3.86. The summed E-state index contributed by atoms with van der Waals surface area (Å²) >= 11 is 0. The van der Waals surface area contributed by atoms with Crippen molar-refractivity contribution in [1.82, 2.24) is 15.3 Å². The van der Waals surface area contributed by atoms with Gasteiger partial charge in [-0.1, -0.05) is 24.3 Å². The third kappa shape index (κ3) is 3.36. The molecule has 114 valence electrons. The van der Waals surface area contributed by atoms with Gasteiger partial charge in [0.15, 0.2) is 5.78 Å². The highest BCUT2D eigenvalue weighted by Gasteiger charge is 2.36. The van der Waals surface area contributed by atoms with Gasteiger partial charge in [0, 0.05) is 32.1 Å². The van der Waals surface area contributed by atoms with E-state index in [1.807, 2.05) is 31.2 Å². The van der Waals surface area contributed by atoms with Gasteiger partial charge in [-0.05, 0) is 18.1 Å². The quantitative estimate of drug-likeness (QED) is 0.859. The Morgan fingerprint density at radius 3 is 2.41 bits per heavy atom. The molecular formula is C17H18FN3O. The summed E-state index contributed by atoms with van der Waals surface area (Å²) in [6.07, 6.45) is 3.78. The number of rotatable bonds is 5. The normalized spacial score (nSPS) is 16.1. The van der Waals surface area contributed by atoms with Crippen LogP contribution in [0.2, 0.25) is 0 Å². The number of nitrogens with one attached hydrogen (secondary N) is 1. The number of hydrogen-bond donors (Lipinski definition) is 1. The molecule has 0 spiro atoms. The predicted octanol–water partition coefficient (Wildman–Crippen LogP) is 2.06. The maximum atomic E-state index is 14.0. The van der Waals surface area contributed by atoms with E-state index in [1.165, 1.54) is 6.20 Å². The van der Waals surface area contributed by atoms with Crippen LogP contribution < -0.4 is 5.32 Å². The van der Waals surface area contributed by atoms with Crippen molar-refractivity contribution in [2.24, 2.45) is 0 Å². The van der Waals surface area contributed by atoms with E-state index in [0.717, 1.165) is 16.8 Å². The van der Waals surface area contributed by atoms with Crippen LogP contribution in [0.4, 0.5) is 4.39 Å². The van der Waals surface area contributed by atoms with E-state index in [9.17, 15) is 9.18 Å². The van der Waals surface area contributed by atoms with Crippen LogP contribution in [0, 0.1) is 6.92 Å². The maximum Gasteiger partial charge on any atom is 0.187 e. The highest BCUT2D eigenvalue weighted by atomic mass is 19.1. The summed E-state index contributed by atoms with van der Waals surface area (Å²) in [5, 5.41) is 2.95. The lowest BCUT2D eigenvalue weighted by atomic mass is 9.90. The molecule has 1 saturated heterocycles. The first-order chi connectivity index (χ1) is 10.5. The second kappa shape index (κ2) is 5.93. The van der Waals surface area contributed by atoms with Crippen LogP contribution in [0.5, 0.6) is 0 Å². The molecule has 2 heterocycles. The molecule has 2 aromatic rings. The fraction of sp³-hybridized carbons (Fsp3) is 0.353. The number of ketones is 1. The van der Waals surface area contributed by atoms with Crippen LogP contribution in [-0.4, -0.2) is 34.5 Å². The van der Waals surface area contributed by atoms with E-state index in [2.05, 4.69) is 15.3 Å². The number of Topliss-reactive ketones (excluding diaryl/α,β-unsaturated/α-hetero) is 1. The Labute approximate surface area is 128 Å². The molecule has 1 N–H and O–H groups in total. The lowest BCUT2D eigenvalue weighted by molar-refractivity contribution is 0.0911. The second-order valence-corrected chi connectivity index (χ2v) is 5.89. The van der Waals surface area contributed by atoms with E-state index < -0.39 is 5.67 Å². The van der Waals surface area contributed by atoms with Crippen LogP contribution in [0.3, 0.4) is 0 Å². The molecule has 0 atom stereocenters. The standard InChI is InChI=1S/C17H18FN3O/c1-12-8-21-15(9-20-12)16(22)6-13-2-4-14(5-3-13)7-17(18)10-19-11-17/h2-5,8-9,19H,6-7,10-11H2,1H3. The van der Waals surface area contributed by atoms with Crippen LogP contribution in [-0.2, 0) is 12.8 Å². The Morgan fingerprint density at radius 1 is 1.18 bits per heavy atom. The van der Waals surface area contributed by atoms with Gasteiger partial charge < -0.3 is 5.32 Å². The summed E-state index contributed by atoms with van der Waals surface area (Å²) in [5.74, 6) is -0.0644. The summed E-state index contributed by atoms with van der Waals surface area (Å²) in [4.78, 5) is 20.3. The molecule has 1 aliphatic heterocycles. The van der Waals surface area contributed by atoms with Gasteiger partial charge in [0.05, 0.1) is 11.9 Å². The first kappa shape index (κ1) is 14.8. The number of aromatic nitrogens is 2. The van der Waals surface area contributed by atoms with Crippen molar-refractivity contribution in [3.63, 3.8) is 0 Å². The first-order valence-corrected chi connectivity index (χ1v) is 7.33. The van der Waals surface area contributed by atoms with Gasteiger partial charge in [-0.3, -0.25) is 9.78 Å². The number of nitrogens with zero attached hydrogens (tertiary/aromatic N) is 2. The van der Waals surface area contributed by atoms with Crippen molar-refractivity contribution >= 4 is 5.78 Å². The average molecular weight is 299 g/mol. The molecule has 1 aromatic carbocycles. The number of carbonyl (C=O) groups excluding carboxylic acids is 1. The van der Waals surface area contributed by atoms with Crippen molar-refractivity contribution < 1.29 is 9.18 Å². The highest BCUT2D eigenvalue weighted by Crippen LogP contribution is 2.22. The fourth-order valence-electron chi connectivity index (χ4n) is 2.47. The molecule has 22 heavy (non-hydrogen) atoms. The molecule has 0 saturated carbocycles. The minimum atomic E-state index is -1.12. The molecule has 1 fully saturated rings. The van der Waals surface area contributed by atoms with Gasteiger partial charge in [-0.25, -0.2) is 9.37 Å². The van der Waals surface area contributed by atoms with Gasteiger partial charge >= 0.3 is 0 Å². The molecule has 1 aliphatic rings. The minimum Gasteiger partial charge on any atom is -0.310 e. The van der Waals surface area contributed by atoms with Crippen LogP contribution in [0.25, 0.3) is 0 Å². The first-order valence-electron chi connectivity index (χ1n) is 7.33. The van der Waals surface area contributed by atoms with Crippen molar-refractivity contribution in [2.45, 2.75) is 25.4 Å². The van der Waals surface area contributed by atoms with Crippen LogP contribution >= 0.6 is 0 Å². The molecule has 0 bridgehead atoms. The average Bonchev–Trinajstić information content (AvgIpc) is 2.48. The van der Waals surface area contributed by atoms with E-state index in [1.54, 1.807) is 6.20 Å². The van der Waals surface area contributed by atoms with Crippen molar-refractivity contribution in [3.05, 3.63) is 59.2 Å². The lowest BCUT2D eigenvalue weighted by Gasteiger charge is -2.35. The number of halogens is 1. The zero-order chi connectivity index (χ0) is 15.6. The summed E-state index contributed by atoms with van der Waals surface area (Å²) < 4.78 is 14.0. The largest absolute Gasteiger partial charge is 0.310 e. The molecule has 4 nitrogen and oxygen atoms in total. The smallest absolute Gasteiger partial charge is 0.187 e. The zero-order valence-corrected chi connectivity index (χ0v) is 12.5. The molecule has 0 unspecified atom stereocenters. The second-order valence-electron chi connectivity index (χ2n) is 5.89. The van der Waals surface area contributed by atoms with E-state index >= 15 is 0 Å². The van der Waals surface area contributed by atoms with Gasteiger partial charge in [-0.2, -0.15) is 0 Å². The predicted molar refractivity (Wildman–Crippen MR) is 81.7 cm³/mol. The van der Waals surface area contributed by atoms with E-state index in [0.29, 0.717) is 25.2 Å². The summed E-state index contributed by atoms with van der Waals surface area (Å²) in [6.45, 7) is 2.66. The number of hydrogen-bond acceptors (Lipinski definition) is 4. The van der Waals surface area contributed by atoms with Gasteiger partial charge in [0.2, 0.25) is 0 Å². The van der Waals surface area contributed by atoms with Crippen molar-refractivity contribution in [3.8, 4) is 0 Å². The Hall–Kier alpha value is -2.14. The van der Waals surface area contributed by atoms with Gasteiger partial charge in [0.1, 0.15) is 11.4 Å². The molecule has 5 heteroatoms. The van der Waals surface area contributed by atoms with Crippen LogP contribution in [0.1, 0.15) is 27.3 Å². The monoisotopic (exact) mass is 299 g/mol. The van der Waals surface area contributed by atoms with E-state index in [4.69, 9.17) is 0 Å². The number of carbonyl (C=O) groups is 1. The van der Waals surface area contributed by atoms with Gasteiger partial charge in [0.25, 0.3) is 0 Å². The number of benzene rings is 1. The summed E-state index contributed by atoms with van der Waals surface area (Å²) in [7, 11) is 0. The molecule has 0 aliphatic carbocycles. The minimum absolute atomic E-state index is 0.0644. The SMILES string of the molecule is Cc1cnc(C(=O)Cc2ccc(CC3(F)CNC3)cc2)cn1. The van der Waals surface area contributed by atoms with Crippen LogP contribution in [0.15, 0.2) is 36.7 Å². The maximum absolute atomic E-state index is 14.0. The molecular weight excluding hydrogens is 281 g/mol. The highest BCUT2D eigenvalue weighted by molar-refractivity contribution is 5.95. The topological polar surface area (TPSA) is 54.9 Å². The van der Waals surface area contributed by atoms with Crippen molar-refractivity contribution in [2.75, 3.05) is 13.1 Å². The lowest BCUT2D eigenvalue weighted by Crippen LogP contribution is -2.57. The van der Waals surface area contributed by atoms with Gasteiger partial charge in [-0.15, -0.1) is 0 Å². The Kier molecular flexibility index (Phi) is 3.98. The zero-order valence-electron chi connectivity index (χ0n) is 12.5. The van der Waals surface area contributed by atoms with Crippen molar-refractivity contribution in [1.29, 1.82) is 0 Å². The number of aryl methyl sites for hydroxylation is 1.